The van der Waals surface area contributed by atoms with E-state index in [1.54, 1.807) is 30.5 Å². The van der Waals surface area contributed by atoms with Gasteiger partial charge in [-0.3, -0.25) is 4.98 Å². The Balaban J connectivity index is 1.17. The summed E-state index contributed by atoms with van der Waals surface area (Å²) in [5, 5.41) is 3.21. The van der Waals surface area contributed by atoms with Crippen LogP contribution in [-0.4, -0.2) is 25.5 Å². The number of halogens is 2. The summed E-state index contributed by atoms with van der Waals surface area (Å²) in [6.45, 7) is 0.722. The topological polar surface area (TPSA) is 68.3 Å². The van der Waals surface area contributed by atoms with Crippen LogP contribution in [0.3, 0.4) is 0 Å². The molecule has 2 aliphatic rings. The Morgan fingerprint density at radius 3 is 2.48 bits per heavy atom. The highest BCUT2D eigenvalue weighted by molar-refractivity contribution is 7.89. The molecule has 1 fully saturated rings. The van der Waals surface area contributed by atoms with Gasteiger partial charge in [-0.2, -0.15) is 0 Å². The molecule has 1 N–H and O–H groups in total. The molecular formula is C32H30ClFN2O3S. The number of piperidine rings is 1. The minimum Gasteiger partial charge on any atom is -0.487 e. The van der Waals surface area contributed by atoms with Crippen molar-refractivity contribution >= 4 is 21.4 Å². The average molecular weight is 577 g/mol. The zero-order valence-corrected chi connectivity index (χ0v) is 23.5. The Hall–Kier alpha value is -3.26. The molecule has 3 heterocycles. The lowest BCUT2D eigenvalue weighted by atomic mass is 9.78. The Labute approximate surface area is 239 Å². The van der Waals surface area contributed by atoms with Gasteiger partial charge < -0.3 is 10.1 Å². The van der Waals surface area contributed by atoms with E-state index in [0.29, 0.717) is 24.1 Å². The number of pyridine rings is 1. The predicted molar refractivity (Wildman–Crippen MR) is 155 cm³/mol. The van der Waals surface area contributed by atoms with Crippen LogP contribution in [0.4, 0.5) is 4.39 Å². The van der Waals surface area contributed by atoms with Crippen molar-refractivity contribution in [1.82, 2.24) is 10.3 Å². The van der Waals surface area contributed by atoms with Crippen molar-refractivity contribution in [3.05, 3.63) is 119 Å². The van der Waals surface area contributed by atoms with Crippen molar-refractivity contribution in [3.8, 4) is 16.9 Å². The van der Waals surface area contributed by atoms with Crippen molar-refractivity contribution in [1.29, 1.82) is 0 Å². The molecule has 0 aliphatic carbocycles. The van der Waals surface area contributed by atoms with Crippen LogP contribution in [0, 0.1) is 5.82 Å². The Kier molecular flexibility index (Phi) is 7.38. The van der Waals surface area contributed by atoms with E-state index in [1.165, 1.54) is 6.07 Å². The van der Waals surface area contributed by atoms with Gasteiger partial charge in [-0.15, -0.1) is 11.6 Å². The van der Waals surface area contributed by atoms with E-state index in [4.69, 9.17) is 16.3 Å². The van der Waals surface area contributed by atoms with Gasteiger partial charge in [0.05, 0.1) is 22.6 Å². The zero-order valence-electron chi connectivity index (χ0n) is 21.9. The third-order valence-corrected chi connectivity index (χ3v) is 9.72. The van der Waals surface area contributed by atoms with Crippen LogP contribution >= 0.6 is 11.6 Å². The molecule has 3 unspecified atom stereocenters. The summed E-state index contributed by atoms with van der Waals surface area (Å²) in [7, 11) is -3.34. The highest BCUT2D eigenvalue weighted by atomic mass is 35.5. The number of rotatable bonds is 6. The van der Waals surface area contributed by atoms with E-state index in [2.05, 4.69) is 16.4 Å². The first-order valence-corrected chi connectivity index (χ1v) is 15.7. The van der Waals surface area contributed by atoms with Crippen LogP contribution in [0.25, 0.3) is 11.1 Å². The first-order valence-electron chi connectivity index (χ1n) is 13.4. The summed E-state index contributed by atoms with van der Waals surface area (Å²) in [4.78, 5) is 4.13. The summed E-state index contributed by atoms with van der Waals surface area (Å²) >= 11 is 6.97. The maximum absolute atomic E-state index is 14.5. The normalized spacial score (nSPS) is 22.4. The summed E-state index contributed by atoms with van der Waals surface area (Å²) in [6, 6.07) is 25.6. The second kappa shape index (κ2) is 11.0. The van der Waals surface area contributed by atoms with Crippen LogP contribution in [0.5, 0.6) is 5.75 Å². The number of nitrogens with one attached hydrogen (secondary N) is 1. The van der Waals surface area contributed by atoms with Crippen LogP contribution in [0.1, 0.15) is 53.1 Å². The summed E-state index contributed by atoms with van der Waals surface area (Å²) in [6.07, 6.45) is 3.68. The van der Waals surface area contributed by atoms with Crippen LogP contribution in [0.2, 0.25) is 0 Å². The molecule has 1 spiro atoms. The predicted octanol–water partition coefficient (Wildman–Crippen LogP) is 6.93. The lowest BCUT2D eigenvalue weighted by Gasteiger charge is -2.46. The van der Waals surface area contributed by atoms with E-state index in [9.17, 15) is 12.8 Å². The van der Waals surface area contributed by atoms with Gasteiger partial charge in [0, 0.05) is 36.2 Å². The molecule has 0 amide bonds. The minimum absolute atomic E-state index is 0.0452. The Morgan fingerprint density at radius 2 is 1.70 bits per heavy atom. The molecule has 206 valence electrons. The maximum atomic E-state index is 14.5. The smallest absolute Gasteiger partial charge is 0.160 e. The molecule has 1 aromatic heterocycles. The maximum Gasteiger partial charge on any atom is 0.160 e. The lowest BCUT2D eigenvalue weighted by molar-refractivity contribution is 0.000232. The van der Waals surface area contributed by atoms with Gasteiger partial charge in [0.15, 0.2) is 9.84 Å². The van der Waals surface area contributed by atoms with Gasteiger partial charge >= 0.3 is 0 Å². The number of sulfone groups is 1. The van der Waals surface area contributed by atoms with Gasteiger partial charge in [0.2, 0.25) is 0 Å². The number of ether oxygens (including phenoxy) is 1. The molecular weight excluding hydrogens is 547 g/mol. The number of hydrogen-bond donors (Lipinski definition) is 1. The number of aromatic nitrogens is 1. The van der Waals surface area contributed by atoms with Crippen molar-refractivity contribution in [2.75, 3.05) is 6.54 Å². The van der Waals surface area contributed by atoms with Gasteiger partial charge in [-0.1, -0.05) is 54.6 Å². The largest absolute Gasteiger partial charge is 0.487 e. The van der Waals surface area contributed by atoms with E-state index < -0.39 is 15.4 Å². The molecule has 40 heavy (non-hydrogen) atoms. The second-order valence-electron chi connectivity index (χ2n) is 10.7. The van der Waals surface area contributed by atoms with Crippen molar-refractivity contribution < 1.29 is 17.5 Å². The molecule has 3 atom stereocenters. The third-order valence-electron chi connectivity index (χ3n) is 7.82. The monoisotopic (exact) mass is 576 g/mol. The molecule has 8 heteroatoms. The number of alkyl halides is 1. The van der Waals surface area contributed by atoms with Crippen molar-refractivity contribution in [3.63, 3.8) is 0 Å². The number of nitrogens with zero attached hydrogens (tertiary/aromatic N) is 1. The Morgan fingerprint density at radius 1 is 0.925 bits per heavy atom. The average Bonchev–Trinajstić information content (AvgIpc) is 2.94. The fourth-order valence-corrected chi connectivity index (χ4v) is 7.74. The fraction of sp³-hybridized carbons (Fsp3) is 0.281. The first-order chi connectivity index (χ1) is 19.3. The van der Waals surface area contributed by atoms with Crippen molar-refractivity contribution in [2.24, 2.45) is 0 Å². The van der Waals surface area contributed by atoms with Crippen LogP contribution in [0.15, 0.2) is 91.1 Å². The second-order valence-corrected chi connectivity index (χ2v) is 13.3. The van der Waals surface area contributed by atoms with E-state index in [1.807, 2.05) is 48.5 Å². The molecule has 3 aromatic carbocycles. The molecule has 5 nitrogen and oxygen atoms in total. The highest BCUT2D eigenvalue weighted by Crippen LogP contribution is 2.49. The number of benzene rings is 3. The molecule has 0 bridgehead atoms. The standard InChI is InChI=1S/C32H30ClFN2O3S/c33-28-18-32(14-16-36-30(19-32)26-6-1-2-7-29(26)34)39-31-13-12-24(17-27(28)31)23-10-8-22(9-11-23)20-40(37,38)21-25-5-3-4-15-35-25/h1-13,15,17,28,30,36H,14,16,18-21H2. The van der Waals surface area contributed by atoms with E-state index in [-0.39, 0.29) is 28.7 Å². The number of fused-ring (bicyclic) bond motifs is 1. The molecule has 6 rings (SSSR count). The van der Waals surface area contributed by atoms with Gasteiger partial charge in [-0.05, 0) is 60.0 Å². The minimum atomic E-state index is -3.34. The number of hydrogen-bond acceptors (Lipinski definition) is 5. The molecule has 1 saturated heterocycles. The molecule has 4 aromatic rings. The van der Waals surface area contributed by atoms with Crippen molar-refractivity contribution in [2.45, 2.75) is 47.8 Å². The fourth-order valence-electron chi connectivity index (χ4n) is 5.86. The molecule has 0 saturated carbocycles. The van der Waals surface area contributed by atoms with Crippen LogP contribution in [-0.2, 0) is 21.3 Å². The molecule has 2 aliphatic heterocycles. The van der Waals surface area contributed by atoms with Crippen LogP contribution < -0.4 is 10.1 Å². The summed E-state index contributed by atoms with van der Waals surface area (Å²) < 4.78 is 46.5. The van der Waals surface area contributed by atoms with E-state index >= 15 is 0 Å². The third kappa shape index (κ3) is 5.78. The SMILES string of the molecule is O=S(=O)(Cc1ccc(-c2ccc3c(c2)C(Cl)CC2(CCNC(c4ccccc4F)C2)O3)cc1)Cc1ccccn1. The summed E-state index contributed by atoms with van der Waals surface area (Å²) in [5.74, 6) is 0.422. The molecule has 0 radical (unpaired) electrons. The lowest BCUT2D eigenvalue weighted by Crippen LogP contribution is -2.50. The quantitative estimate of drug-likeness (QED) is 0.252. The van der Waals surface area contributed by atoms with Gasteiger partial charge in [0.1, 0.15) is 17.2 Å². The van der Waals surface area contributed by atoms with E-state index in [0.717, 1.165) is 41.0 Å². The summed E-state index contributed by atoms with van der Waals surface area (Å²) in [5.41, 5.74) is 4.37. The highest BCUT2D eigenvalue weighted by Gasteiger charge is 2.44. The first kappa shape index (κ1) is 26.9. The van der Waals surface area contributed by atoms with Gasteiger partial charge in [-0.25, -0.2) is 12.8 Å². The zero-order chi connectivity index (χ0) is 27.7. The van der Waals surface area contributed by atoms with Gasteiger partial charge in [0.25, 0.3) is 0 Å². The Bertz CT molecular complexity index is 1620.